The fourth-order valence-electron chi connectivity index (χ4n) is 5.00. The first-order chi connectivity index (χ1) is 14.4. The Morgan fingerprint density at radius 2 is 0.867 bits per heavy atom. The number of Topliss-reactive ketones (excluding diaryl/α,β-unsaturated/α-hetero) is 1. The van der Waals surface area contributed by atoms with E-state index in [4.69, 9.17) is 8.83 Å². The van der Waals surface area contributed by atoms with Crippen molar-refractivity contribution in [3.8, 4) is 0 Å². The van der Waals surface area contributed by atoms with Crippen LogP contribution in [0.3, 0.4) is 0 Å². The molecule has 3 heteroatoms. The molecule has 2 aromatic heterocycles. The van der Waals surface area contributed by atoms with E-state index in [1.54, 1.807) is 0 Å². The lowest BCUT2D eigenvalue weighted by Crippen LogP contribution is -2.23. The van der Waals surface area contributed by atoms with Gasteiger partial charge in [-0.3, -0.25) is 4.79 Å². The Balaban J connectivity index is 2.18. The maximum atomic E-state index is 13.2. The minimum atomic E-state index is -0.0535. The van der Waals surface area contributed by atoms with Gasteiger partial charge in [0.2, 0.25) is 0 Å². The van der Waals surface area contributed by atoms with Crippen LogP contribution in [0.5, 0.6) is 0 Å². The molecule has 0 aliphatic rings. The third kappa shape index (κ3) is 4.92. The molecule has 2 aromatic rings. The largest absolute Gasteiger partial charge is 0.465 e. The monoisotopic (exact) mass is 414 g/mol. The molecule has 2 unspecified atom stereocenters. The predicted molar refractivity (Wildman–Crippen MR) is 124 cm³/mol. The average molecular weight is 415 g/mol. The van der Waals surface area contributed by atoms with Crippen molar-refractivity contribution in [3.05, 3.63) is 45.3 Å². The SMILES string of the molecule is CCc1oc(CC(C)C(=O)C(C)Cc2oc(CC)c(CC)c2CC)c(CC)c1CC. The van der Waals surface area contributed by atoms with E-state index in [0.29, 0.717) is 18.6 Å². The third-order valence-corrected chi connectivity index (χ3v) is 6.58. The highest BCUT2D eigenvalue weighted by Crippen LogP contribution is 2.30. The lowest BCUT2D eigenvalue weighted by molar-refractivity contribution is -0.126. The molecule has 0 amide bonds. The van der Waals surface area contributed by atoms with Crippen LogP contribution in [-0.4, -0.2) is 5.78 Å². The van der Waals surface area contributed by atoms with Gasteiger partial charge in [0.25, 0.3) is 0 Å². The molecule has 30 heavy (non-hydrogen) atoms. The topological polar surface area (TPSA) is 43.4 Å². The van der Waals surface area contributed by atoms with Gasteiger partial charge in [0.1, 0.15) is 28.8 Å². The second kappa shape index (κ2) is 11.0. The Morgan fingerprint density at radius 1 is 0.567 bits per heavy atom. The van der Waals surface area contributed by atoms with Crippen molar-refractivity contribution >= 4 is 5.78 Å². The molecule has 168 valence electrons. The number of furan rings is 2. The van der Waals surface area contributed by atoms with Crippen molar-refractivity contribution in [2.45, 2.75) is 107 Å². The standard InChI is InChI=1S/C27H42O3/c1-9-19-21(11-3)25(29-23(19)13-5)15-17(7)27(28)18(8)16-26-22(12-4)20(10-2)24(14-6)30-26/h17-18H,9-16H2,1-8H3. The van der Waals surface area contributed by atoms with Gasteiger partial charge < -0.3 is 8.83 Å². The molecule has 0 aliphatic heterocycles. The van der Waals surface area contributed by atoms with Gasteiger partial charge in [-0.2, -0.15) is 0 Å². The van der Waals surface area contributed by atoms with Crippen LogP contribution in [-0.2, 0) is 56.2 Å². The van der Waals surface area contributed by atoms with Crippen LogP contribution in [0.1, 0.15) is 101 Å². The van der Waals surface area contributed by atoms with Gasteiger partial charge >= 0.3 is 0 Å². The second-order valence-electron chi connectivity index (χ2n) is 8.55. The van der Waals surface area contributed by atoms with Crippen molar-refractivity contribution in [1.82, 2.24) is 0 Å². The first kappa shape index (κ1) is 24.5. The van der Waals surface area contributed by atoms with E-state index in [1.807, 2.05) is 0 Å². The molecule has 0 bridgehead atoms. The molecular formula is C27H42O3. The van der Waals surface area contributed by atoms with Crippen molar-refractivity contribution in [2.75, 3.05) is 0 Å². The van der Waals surface area contributed by atoms with E-state index in [9.17, 15) is 4.79 Å². The number of carbonyl (C=O) groups excluding carboxylic acids is 1. The zero-order valence-electron chi connectivity index (χ0n) is 20.5. The number of rotatable bonds is 12. The quantitative estimate of drug-likeness (QED) is 0.380. The summed E-state index contributed by atoms with van der Waals surface area (Å²) in [6, 6.07) is 0. The second-order valence-corrected chi connectivity index (χ2v) is 8.55. The number of hydrogen-bond donors (Lipinski definition) is 0. The summed E-state index contributed by atoms with van der Waals surface area (Å²) in [5.41, 5.74) is 5.34. The van der Waals surface area contributed by atoms with Crippen molar-refractivity contribution in [1.29, 1.82) is 0 Å². The van der Waals surface area contributed by atoms with Gasteiger partial charge in [-0.1, -0.05) is 55.4 Å². The van der Waals surface area contributed by atoms with E-state index < -0.39 is 0 Å². The third-order valence-electron chi connectivity index (χ3n) is 6.58. The van der Waals surface area contributed by atoms with E-state index in [-0.39, 0.29) is 11.8 Å². The molecule has 0 saturated heterocycles. The Bertz CT molecular complexity index is 769. The van der Waals surface area contributed by atoms with Crippen LogP contribution in [0.4, 0.5) is 0 Å². The summed E-state index contributed by atoms with van der Waals surface area (Å²) in [5.74, 6) is 4.43. The highest BCUT2D eigenvalue weighted by molar-refractivity contribution is 5.83. The summed E-state index contributed by atoms with van der Waals surface area (Å²) >= 11 is 0. The summed E-state index contributed by atoms with van der Waals surface area (Å²) in [6.07, 6.45) is 7.12. The molecule has 2 atom stereocenters. The van der Waals surface area contributed by atoms with Gasteiger partial charge in [-0.25, -0.2) is 0 Å². The molecule has 0 aliphatic carbocycles. The maximum absolute atomic E-state index is 13.2. The van der Waals surface area contributed by atoms with Crippen molar-refractivity contribution in [2.24, 2.45) is 11.8 Å². The van der Waals surface area contributed by atoms with Crippen molar-refractivity contribution < 1.29 is 13.6 Å². The Morgan fingerprint density at radius 3 is 1.13 bits per heavy atom. The Labute approximate surface area is 183 Å². The smallest absolute Gasteiger partial charge is 0.139 e. The lowest BCUT2D eigenvalue weighted by atomic mass is 9.87. The van der Waals surface area contributed by atoms with E-state index in [1.165, 1.54) is 22.3 Å². The van der Waals surface area contributed by atoms with Gasteiger partial charge in [0, 0.05) is 37.5 Å². The highest BCUT2D eigenvalue weighted by Gasteiger charge is 2.27. The molecule has 2 rings (SSSR count). The zero-order valence-corrected chi connectivity index (χ0v) is 20.5. The normalized spacial score (nSPS) is 13.6. The predicted octanol–water partition coefficient (Wildman–Crippen LogP) is 6.87. The molecule has 0 saturated carbocycles. The van der Waals surface area contributed by atoms with Gasteiger partial charge in [-0.05, 0) is 47.9 Å². The van der Waals surface area contributed by atoms with E-state index in [2.05, 4.69) is 55.4 Å². The Kier molecular flexibility index (Phi) is 9.00. The minimum absolute atomic E-state index is 0.0535. The van der Waals surface area contributed by atoms with Crippen LogP contribution < -0.4 is 0 Å². The number of ketones is 1. The lowest BCUT2D eigenvalue weighted by Gasteiger charge is -2.16. The zero-order chi connectivity index (χ0) is 22.4. The van der Waals surface area contributed by atoms with Gasteiger partial charge in [-0.15, -0.1) is 0 Å². The Hall–Kier alpha value is -1.77. The molecule has 0 spiro atoms. The number of hydrogen-bond acceptors (Lipinski definition) is 3. The first-order valence-corrected chi connectivity index (χ1v) is 12.1. The first-order valence-electron chi connectivity index (χ1n) is 12.1. The highest BCUT2D eigenvalue weighted by atomic mass is 16.3. The molecule has 2 heterocycles. The fraction of sp³-hybridized carbons (Fsp3) is 0.667. The summed E-state index contributed by atoms with van der Waals surface area (Å²) in [5, 5.41) is 0. The van der Waals surface area contributed by atoms with Crippen LogP contribution in [0.25, 0.3) is 0 Å². The van der Waals surface area contributed by atoms with Crippen LogP contribution >= 0.6 is 0 Å². The van der Waals surface area contributed by atoms with Crippen LogP contribution in [0.15, 0.2) is 8.83 Å². The van der Waals surface area contributed by atoms with Crippen molar-refractivity contribution in [3.63, 3.8) is 0 Å². The molecule has 3 nitrogen and oxygen atoms in total. The minimum Gasteiger partial charge on any atom is -0.465 e. The van der Waals surface area contributed by atoms with Crippen LogP contribution in [0.2, 0.25) is 0 Å². The number of aryl methyl sites for hydroxylation is 2. The fourth-order valence-corrected chi connectivity index (χ4v) is 5.00. The van der Waals surface area contributed by atoms with E-state index >= 15 is 0 Å². The van der Waals surface area contributed by atoms with Gasteiger partial charge in [0.05, 0.1) is 0 Å². The molecule has 0 aromatic carbocycles. The summed E-state index contributed by atoms with van der Waals surface area (Å²) < 4.78 is 12.4. The molecule has 0 radical (unpaired) electrons. The molecular weight excluding hydrogens is 372 g/mol. The van der Waals surface area contributed by atoms with Gasteiger partial charge in [0.15, 0.2) is 0 Å². The number of carbonyl (C=O) groups is 1. The maximum Gasteiger partial charge on any atom is 0.139 e. The average Bonchev–Trinajstić information content (AvgIpc) is 3.28. The molecule has 0 fully saturated rings. The van der Waals surface area contributed by atoms with E-state index in [0.717, 1.165) is 61.6 Å². The van der Waals surface area contributed by atoms with Crippen LogP contribution in [0, 0.1) is 11.8 Å². The summed E-state index contributed by atoms with van der Waals surface area (Å²) in [7, 11) is 0. The summed E-state index contributed by atoms with van der Waals surface area (Å²) in [4.78, 5) is 13.2. The molecule has 0 N–H and O–H groups in total. The summed E-state index contributed by atoms with van der Waals surface area (Å²) in [6.45, 7) is 17.1.